The van der Waals surface area contributed by atoms with Gasteiger partial charge in [0, 0.05) is 11.1 Å². The van der Waals surface area contributed by atoms with E-state index in [1.165, 1.54) is 0 Å². The molecule has 0 amide bonds. The fourth-order valence-corrected chi connectivity index (χ4v) is 3.44. The first-order valence-electron chi connectivity index (χ1n) is 9.85. The highest BCUT2D eigenvalue weighted by atomic mass is 16.5. The second-order valence-corrected chi connectivity index (χ2v) is 6.56. The lowest BCUT2D eigenvalue weighted by atomic mass is 9.96. The molecule has 0 aliphatic rings. The van der Waals surface area contributed by atoms with Gasteiger partial charge in [0.2, 0.25) is 0 Å². The predicted octanol–water partition coefficient (Wildman–Crippen LogP) is 6.43. The van der Waals surface area contributed by atoms with Crippen LogP contribution in [0.4, 0.5) is 0 Å². The number of hydrogen-bond donors (Lipinski definition) is 0. The normalized spacial score (nSPS) is 11.1. The van der Waals surface area contributed by atoms with Crippen LogP contribution in [0, 0.1) is 11.3 Å². The minimum absolute atomic E-state index is 0.537. The molecule has 0 atom stereocenters. The largest absolute Gasteiger partial charge is 0.490 e. The van der Waals surface area contributed by atoms with E-state index in [2.05, 4.69) is 24.8 Å². The molecule has 0 aromatic heterocycles. The predicted molar refractivity (Wildman–Crippen MR) is 120 cm³/mol. The van der Waals surface area contributed by atoms with Crippen LogP contribution in [0.3, 0.4) is 0 Å². The molecule has 3 heteroatoms. The van der Waals surface area contributed by atoms with Crippen LogP contribution in [0.2, 0.25) is 0 Å². The fourth-order valence-electron chi connectivity index (χ4n) is 3.44. The van der Waals surface area contributed by atoms with Crippen molar-refractivity contribution in [1.29, 1.82) is 5.26 Å². The fraction of sp³-hybridized carbons (Fsp3) is 0.192. The third kappa shape index (κ3) is 4.50. The first-order chi connectivity index (χ1) is 14.2. The summed E-state index contributed by atoms with van der Waals surface area (Å²) >= 11 is 0. The lowest BCUT2D eigenvalue weighted by Gasteiger charge is -2.16. The summed E-state index contributed by atoms with van der Waals surface area (Å²) < 4.78 is 11.7. The van der Waals surface area contributed by atoms with Gasteiger partial charge in [-0.15, -0.1) is 6.58 Å². The van der Waals surface area contributed by atoms with Gasteiger partial charge in [-0.1, -0.05) is 48.5 Å². The first kappa shape index (κ1) is 20.2. The molecular formula is C26H25NO2. The Hall–Kier alpha value is -3.51. The molecular weight excluding hydrogens is 358 g/mol. The van der Waals surface area contributed by atoms with E-state index < -0.39 is 0 Å². The summed E-state index contributed by atoms with van der Waals surface area (Å²) in [5.41, 5.74) is 3.42. The molecule has 0 unspecified atom stereocenters. The van der Waals surface area contributed by atoms with Crippen molar-refractivity contribution in [2.75, 3.05) is 13.2 Å². The van der Waals surface area contributed by atoms with Gasteiger partial charge < -0.3 is 9.47 Å². The van der Waals surface area contributed by atoms with Gasteiger partial charge in [-0.05, 0) is 54.8 Å². The molecule has 146 valence electrons. The molecule has 0 saturated carbocycles. The van der Waals surface area contributed by atoms with Crippen LogP contribution >= 0.6 is 0 Å². The Morgan fingerprint density at radius 1 is 1.03 bits per heavy atom. The molecule has 0 N–H and O–H groups in total. The van der Waals surface area contributed by atoms with E-state index in [4.69, 9.17) is 9.47 Å². The molecule has 0 radical (unpaired) electrons. The standard InChI is InChI=1S/C26H25NO2/c1-4-10-21-15-19(17-25(28-5-2)26(21)29-6-3)16-22(18-27)24-14-9-12-20-11-7-8-13-23(20)24/h4,7-9,11-17H,1,5-6,10H2,2-3H3/b22-16-. The summed E-state index contributed by atoms with van der Waals surface area (Å²) in [6.07, 6.45) is 4.41. The van der Waals surface area contributed by atoms with Gasteiger partial charge in [-0.25, -0.2) is 0 Å². The topological polar surface area (TPSA) is 42.2 Å². The number of ether oxygens (including phenoxy) is 2. The summed E-state index contributed by atoms with van der Waals surface area (Å²) in [5.74, 6) is 1.44. The maximum Gasteiger partial charge on any atom is 0.164 e. The quantitative estimate of drug-likeness (QED) is 0.256. The van der Waals surface area contributed by atoms with Crippen LogP contribution in [0.15, 0.2) is 67.3 Å². The van der Waals surface area contributed by atoms with Crippen LogP contribution in [0.5, 0.6) is 11.5 Å². The Morgan fingerprint density at radius 2 is 1.79 bits per heavy atom. The van der Waals surface area contributed by atoms with Crippen molar-refractivity contribution >= 4 is 22.4 Å². The van der Waals surface area contributed by atoms with Crippen LogP contribution in [0.1, 0.15) is 30.5 Å². The zero-order chi connectivity index (χ0) is 20.6. The smallest absolute Gasteiger partial charge is 0.164 e. The molecule has 0 heterocycles. The lowest BCUT2D eigenvalue weighted by molar-refractivity contribution is 0.285. The number of nitrogens with zero attached hydrogens (tertiary/aromatic N) is 1. The molecule has 0 bridgehead atoms. The van der Waals surface area contributed by atoms with E-state index in [1.807, 2.05) is 68.5 Å². The van der Waals surface area contributed by atoms with Crippen molar-refractivity contribution in [1.82, 2.24) is 0 Å². The summed E-state index contributed by atoms with van der Waals surface area (Å²) in [7, 11) is 0. The molecule has 0 spiro atoms. The van der Waals surface area contributed by atoms with E-state index in [0.717, 1.165) is 33.2 Å². The van der Waals surface area contributed by atoms with Crippen molar-refractivity contribution in [2.24, 2.45) is 0 Å². The Kier molecular flexibility index (Phi) is 6.71. The Bertz CT molecular complexity index is 1080. The van der Waals surface area contributed by atoms with Gasteiger partial charge in [-0.2, -0.15) is 5.26 Å². The summed E-state index contributed by atoms with van der Waals surface area (Å²) in [6.45, 7) is 8.85. The number of hydrogen-bond acceptors (Lipinski definition) is 3. The van der Waals surface area contributed by atoms with E-state index in [0.29, 0.717) is 31.0 Å². The number of benzene rings is 3. The molecule has 3 rings (SSSR count). The van der Waals surface area contributed by atoms with Gasteiger partial charge in [-0.3, -0.25) is 0 Å². The average molecular weight is 383 g/mol. The van der Waals surface area contributed by atoms with E-state index in [9.17, 15) is 5.26 Å². The summed E-state index contributed by atoms with van der Waals surface area (Å²) in [4.78, 5) is 0. The number of allylic oxidation sites excluding steroid dienone is 2. The van der Waals surface area contributed by atoms with E-state index in [-0.39, 0.29) is 0 Å². The third-order valence-electron chi connectivity index (χ3n) is 4.62. The van der Waals surface area contributed by atoms with Crippen molar-refractivity contribution in [3.8, 4) is 17.6 Å². The minimum Gasteiger partial charge on any atom is -0.490 e. The van der Waals surface area contributed by atoms with Crippen molar-refractivity contribution < 1.29 is 9.47 Å². The van der Waals surface area contributed by atoms with E-state index in [1.54, 1.807) is 0 Å². The van der Waals surface area contributed by atoms with Gasteiger partial charge in [0.25, 0.3) is 0 Å². The molecule has 0 saturated heterocycles. The zero-order valence-corrected chi connectivity index (χ0v) is 16.9. The number of nitriles is 1. The number of rotatable bonds is 8. The second kappa shape index (κ2) is 9.61. The number of fused-ring (bicyclic) bond motifs is 1. The molecule has 3 nitrogen and oxygen atoms in total. The third-order valence-corrected chi connectivity index (χ3v) is 4.62. The monoisotopic (exact) mass is 383 g/mol. The average Bonchev–Trinajstić information content (AvgIpc) is 2.74. The lowest BCUT2D eigenvalue weighted by Crippen LogP contribution is -2.02. The first-order valence-corrected chi connectivity index (χ1v) is 9.85. The highest BCUT2D eigenvalue weighted by Gasteiger charge is 2.13. The van der Waals surface area contributed by atoms with Gasteiger partial charge in [0.1, 0.15) is 0 Å². The Balaban J connectivity index is 2.16. The van der Waals surface area contributed by atoms with Crippen LogP contribution in [-0.2, 0) is 6.42 Å². The van der Waals surface area contributed by atoms with E-state index >= 15 is 0 Å². The van der Waals surface area contributed by atoms with Crippen molar-refractivity contribution in [2.45, 2.75) is 20.3 Å². The van der Waals surface area contributed by atoms with Gasteiger partial charge >= 0.3 is 0 Å². The van der Waals surface area contributed by atoms with Crippen molar-refractivity contribution in [3.63, 3.8) is 0 Å². The Labute approximate surface area is 172 Å². The van der Waals surface area contributed by atoms with Gasteiger partial charge in [0.05, 0.1) is 24.9 Å². The molecule has 0 aliphatic carbocycles. The highest BCUT2D eigenvalue weighted by molar-refractivity contribution is 6.01. The highest BCUT2D eigenvalue weighted by Crippen LogP contribution is 2.35. The minimum atomic E-state index is 0.537. The van der Waals surface area contributed by atoms with Crippen molar-refractivity contribution in [3.05, 3.63) is 83.9 Å². The Morgan fingerprint density at radius 3 is 2.52 bits per heavy atom. The maximum atomic E-state index is 9.89. The summed E-state index contributed by atoms with van der Waals surface area (Å²) in [5, 5.41) is 12.1. The summed E-state index contributed by atoms with van der Waals surface area (Å²) in [6, 6.07) is 20.5. The molecule has 3 aromatic rings. The molecule has 0 fully saturated rings. The second-order valence-electron chi connectivity index (χ2n) is 6.56. The maximum absolute atomic E-state index is 9.89. The van der Waals surface area contributed by atoms with Crippen LogP contribution < -0.4 is 9.47 Å². The van der Waals surface area contributed by atoms with Crippen LogP contribution in [0.25, 0.3) is 22.4 Å². The molecule has 0 aliphatic heterocycles. The zero-order valence-electron chi connectivity index (χ0n) is 16.9. The SMILES string of the molecule is C=CCc1cc(/C=C(/C#N)c2cccc3ccccc23)cc(OCC)c1OCC. The van der Waals surface area contributed by atoms with Crippen LogP contribution in [-0.4, -0.2) is 13.2 Å². The molecule has 3 aromatic carbocycles. The molecule has 29 heavy (non-hydrogen) atoms. The van der Waals surface area contributed by atoms with Gasteiger partial charge in [0.15, 0.2) is 11.5 Å².